The first-order valence-electron chi connectivity index (χ1n) is 4.36. The van der Waals surface area contributed by atoms with Crippen LogP contribution >= 0.6 is 0 Å². The molecule has 1 aromatic rings. The summed E-state index contributed by atoms with van der Waals surface area (Å²) in [6.45, 7) is 1.96. The average Bonchev–Trinajstić information content (AvgIpc) is 2.25. The van der Waals surface area contributed by atoms with Gasteiger partial charge in [-0.3, -0.25) is 0 Å². The molecule has 1 rings (SSSR count). The number of pyridine rings is 1. The number of nitriles is 2. The minimum atomic E-state index is -0.00324. The van der Waals surface area contributed by atoms with Crippen LogP contribution in [-0.2, 0) is 7.05 Å². The highest BCUT2D eigenvalue weighted by Crippen LogP contribution is 1.91. The van der Waals surface area contributed by atoms with E-state index >= 15 is 0 Å². The van der Waals surface area contributed by atoms with Crippen LogP contribution in [0.1, 0.15) is 5.69 Å². The van der Waals surface area contributed by atoms with Gasteiger partial charge in [-0.1, -0.05) is 6.07 Å². The van der Waals surface area contributed by atoms with Gasteiger partial charge in [0.25, 0.3) is 0 Å². The number of rotatable bonds is 1. The Morgan fingerprint density at radius 1 is 1.40 bits per heavy atom. The summed E-state index contributed by atoms with van der Waals surface area (Å²) in [4.78, 5) is 4.06. The Labute approximate surface area is 88.0 Å². The SMILES string of the molecule is Cc1cccc(=NC=C(C#N)C#N)n1C. The number of nitrogens with zero attached hydrogens (tertiary/aromatic N) is 4. The zero-order valence-corrected chi connectivity index (χ0v) is 8.60. The molecule has 0 aliphatic heterocycles. The van der Waals surface area contributed by atoms with Crippen molar-refractivity contribution >= 4 is 0 Å². The lowest BCUT2D eigenvalue weighted by Gasteiger charge is -2.02. The van der Waals surface area contributed by atoms with Crippen molar-refractivity contribution in [3.63, 3.8) is 0 Å². The van der Waals surface area contributed by atoms with Gasteiger partial charge < -0.3 is 4.57 Å². The summed E-state index contributed by atoms with van der Waals surface area (Å²) in [6, 6.07) is 9.15. The number of allylic oxidation sites excluding steroid dienone is 1. The molecule has 0 bridgehead atoms. The zero-order chi connectivity index (χ0) is 11.3. The Morgan fingerprint density at radius 2 is 2.07 bits per heavy atom. The van der Waals surface area contributed by atoms with Crippen molar-refractivity contribution in [1.29, 1.82) is 10.5 Å². The molecule has 0 amide bonds. The summed E-state index contributed by atoms with van der Waals surface area (Å²) in [5.74, 6) is 0. The molecule has 0 spiro atoms. The summed E-state index contributed by atoms with van der Waals surface area (Å²) >= 11 is 0. The van der Waals surface area contributed by atoms with Gasteiger partial charge in [0.2, 0.25) is 0 Å². The molecule has 0 radical (unpaired) electrons. The van der Waals surface area contributed by atoms with E-state index in [9.17, 15) is 0 Å². The summed E-state index contributed by atoms with van der Waals surface area (Å²) in [7, 11) is 1.88. The van der Waals surface area contributed by atoms with E-state index < -0.39 is 0 Å². The van der Waals surface area contributed by atoms with Crippen molar-refractivity contribution in [1.82, 2.24) is 4.57 Å². The van der Waals surface area contributed by atoms with Gasteiger partial charge in [0.05, 0.1) is 6.20 Å². The smallest absolute Gasteiger partial charge is 0.147 e. The highest BCUT2D eigenvalue weighted by atomic mass is 15.0. The van der Waals surface area contributed by atoms with Crippen LogP contribution in [0.25, 0.3) is 0 Å². The Morgan fingerprint density at radius 3 is 2.67 bits per heavy atom. The second-order valence-electron chi connectivity index (χ2n) is 2.98. The number of aromatic nitrogens is 1. The van der Waals surface area contributed by atoms with Gasteiger partial charge in [-0.15, -0.1) is 0 Å². The molecule has 0 N–H and O–H groups in total. The number of hydrogen-bond acceptors (Lipinski definition) is 3. The molecule has 0 aliphatic carbocycles. The van der Waals surface area contributed by atoms with E-state index in [1.54, 1.807) is 12.1 Å². The van der Waals surface area contributed by atoms with Crippen molar-refractivity contribution in [2.24, 2.45) is 12.0 Å². The third-order valence-electron chi connectivity index (χ3n) is 2.02. The van der Waals surface area contributed by atoms with E-state index in [0.29, 0.717) is 5.49 Å². The van der Waals surface area contributed by atoms with Crippen LogP contribution in [0.5, 0.6) is 0 Å². The standard InChI is InChI=1S/C11H10N4/c1-9-4-3-5-11(15(9)2)14-8-10(6-12)7-13/h3-5,8H,1-2H3. The van der Waals surface area contributed by atoms with Crippen LogP contribution in [-0.4, -0.2) is 4.57 Å². The van der Waals surface area contributed by atoms with Crippen molar-refractivity contribution in [3.05, 3.63) is 41.2 Å². The molecule has 0 aromatic carbocycles. The van der Waals surface area contributed by atoms with Gasteiger partial charge in [0, 0.05) is 12.7 Å². The maximum atomic E-state index is 8.52. The number of hydrogen-bond donors (Lipinski definition) is 0. The Bertz CT molecular complexity index is 519. The lowest BCUT2D eigenvalue weighted by Crippen LogP contribution is -2.18. The van der Waals surface area contributed by atoms with Crippen molar-refractivity contribution < 1.29 is 0 Å². The maximum Gasteiger partial charge on any atom is 0.147 e. The Kier molecular flexibility index (Phi) is 3.43. The summed E-state index contributed by atoms with van der Waals surface area (Å²) in [6.07, 6.45) is 1.27. The molecule has 0 aliphatic rings. The van der Waals surface area contributed by atoms with Crippen molar-refractivity contribution in [3.8, 4) is 12.1 Å². The molecule has 0 fully saturated rings. The third-order valence-corrected chi connectivity index (χ3v) is 2.02. The maximum absolute atomic E-state index is 8.52. The molecule has 1 heterocycles. The predicted octanol–water partition coefficient (Wildman–Crippen LogP) is 1.17. The van der Waals surface area contributed by atoms with Gasteiger partial charge in [-0.05, 0) is 19.1 Å². The van der Waals surface area contributed by atoms with Gasteiger partial charge in [0.15, 0.2) is 0 Å². The van der Waals surface area contributed by atoms with Gasteiger partial charge in [0.1, 0.15) is 23.2 Å². The molecule has 1 aromatic heterocycles. The van der Waals surface area contributed by atoms with Crippen LogP contribution in [0.2, 0.25) is 0 Å². The molecular formula is C11H10N4. The van der Waals surface area contributed by atoms with Gasteiger partial charge in [-0.2, -0.15) is 10.5 Å². The average molecular weight is 198 g/mol. The molecule has 15 heavy (non-hydrogen) atoms. The fourth-order valence-electron chi connectivity index (χ4n) is 1.02. The second kappa shape index (κ2) is 4.78. The van der Waals surface area contributed by atoms with Crippen LogP contribution in [0.4, 0.5) is 0 Å². The second-order valence-corrected chi connectivity index (χ2v) is 2.98. The summed E-state index contributed by atoms with van der Waals surface area (Å²) in [5.41, 5.74) is 1.76. The van der Waals surface area contributed by atoms with Crippen LogP contribution in [0.3, 0.4) is 0 Å². The lowest BCUT2D eigenvalue weighted by atomic mass is 10.3. The number of aryl methyl sites for hydroxylation is 1. The lowest BCUT2D eigenvalue weighted by molar-refractivity contribution is 0.796. The molecule has 4 heteroatoms. The normalized spacial score (nSPS) is 10.3. The first-order chi connectivity index (χ1) is 7.19. The van der Waals surface area contributed by atoms with Crippen molar-refractivity contribution in [2.45, 2.75) is 6.92 Å². The van der Waals surface area contributed by atoms with Crippen LogP contribution in [0.15, 0.2) is 35.0 Å². The fourth-order valence-corrected chi connectivity index (χ4v) is 1.02. The monoisotopic (exact) mass is 198 g/mol. The van der Waals surface area contributed by atoms with Gasteiger partial charge in [-0.25, -0.2) is 4.99 Å². The minimum Gasteiger partial charge on any atom is -0.334 e. The predicted molar refractivity (Wildman–Crippen MR) is 55.0 cm³/mol. The highest BCUT2D eigenvalue weighted by molar-refractivity contribution is 5.34. The first kappa shape index (κ1) is 10.7. The van der Waals surface area contributed by atoms with E-state index in [4.69, 9.17) is 10.5 Å². The molecule has 74 valence electrons. The molecule has 0 atom stereocenters. The molecule has 0 saturated heterocycles. The van der Waals surface area contributed by atoms with E-state index in [-0.39, 0.29) is 5.57 Å². The van der Waals surface area contributed by atoms with E-state index in [1.165, 1.54) is 6.20 Å². The fraction of sp³-hybridized carbons (Fsp3) is 0.182. The minimum absolute atomic E-state index is 0.00324. The quantitative estimate of drug-likeness (QED) is 0.635. The molecule has 0 saturated carbocycles. The largest absolute Gasteiger partial charge is 0.334 e. The summed E-state index contributed by atoms with van der Waals surface area (Å²) < 4.78 is 1.88. The van der Waals surface area contributed by atoms with Crippen LogP contribution in [0, 0.1) is 29.6 Å². The highest BCUT2D eigenvalue weighted by Gasteiger charge is 1.91. The molecule has 0 unspecified atom stereocenters. The zero-order valence-electron chi connectivity index (χ0n) is 8.60. The molecule has 4 nitrogen and oxygen atoms in total. The first-order valence-corrected chi connectivity index (χ1v) is 4.36. The Hall–Kier alpha value is -2.33. The summed E-state index contributed by atoms with van der Waals surface area (Å²) in [5, 5.41) is 17.0. The Balaban J connectivity index is 3.26. The van der Waals surface area contributed by atoms with E-state index in [1.807, 2.05) is 36.7 Å². The topological polar surface area (TPSA) is 64.9 Å². The molecular weight excluding hydrogens is 188 g/mol. The van der Waals surface area contributed by atoms with Crippen molar-refractivity contribution in [2.75, 3.05) is 0 Å². The third kappa shape index (κ3) is 2.55. The van der Waals surface area contributed by atoms with Gasteiger partial charge >= 0.3 is 0 Å². The van der Waals surface area contributed by atoms with E-state index in [0.717, 1.165) is 5.69 Å². The van der Waals surface area contributed by atoms with E-state index in [2.05, 4.69) is 4.99 Å². The van der Waals surface area contributed by atoms with Crippen LogP contribution < -0.4 is 5.49 Å².